The van der Waals surface area contributed by atoms with Gasteiger partial charge in [-0.05, 0) is 31.5 Å². The van der Waals surface area contributed by atoms with Crippen molar-refractivity contribution in [3.8, 4) is 5.75 Å². The Morgan fingerprint density at radius 3 is 1.80 bits per heavy atom. The van der Waals surface area contributed by atoms with Gasteiger partial charge in [0.25, 0.3) is 0 Å². The second-order valence-electron chi connectivity index (χ2n) is 7.92. The molecule has 1 aromatic carbocycles. The minimum absolute atomic E-state index is 0.0717. The van der Waals surface area contributed by atoms with E-state index in [0.29, 0.717) is 5.56 Å². The van der Waals surface area contributed by atoms with Crippen LogP contribution in [0.3, 0.4) is 0 Å². The summed E-state index contributed by atoms with van der Waals surface area (Å²) in [6.07, 6.45) is -3.89. The largest absolute Gasteiger partial charge is 0.508 e. The predicted molar refractivity (Wildman–Crippen MR) is 119 cm³/mol. The molecule has 1 rings (SSSR count). The third-order valence-electron chi connectivity index (χ3n) is 4.89. The maximum Gasteiger partial charge on any atom is 0.328 e. The number of benzene rings is 1. The summed E-state index contributed by atoms with van der Waals surface area (Å²) in [5, 5.41) is 53.4. The number of rotatable bonds is 13. The number of aliphatic carboxylic acids is 2. The first-order valence-electron chi connectivity index (χ1n) is 10.5. The number of carbonyl (C=O) groups is 5. The van der Waals surface area contributed by atoms with E-state index in [1.165, 1.54) is 31.2 Å². The van der Waals surface area contributed by atoms with E-state index in [-0.39, 0.29) is 12.2 Å². The van der Waals surface area contributed by atoms with E-state index < -0.39 is 72.5 Å². The smallest absolute Gasteiger partial charge is 0.328 e. The van der Waals surface area contributed by atoms with Gasteiger partial charge in [-0.2, -0.15) is 0 Å². The van der Waals surface area contributed by atoms with Crippen LogP contribution in [0.4, 0.5) is 0 Å². The molecule has 14 nitrogen and oxygen atoms in total. The van der Waals surface area contributed by atoms with Crippen LogP contribution in [0.15, 0.2) is 24.3 Å². The molecule has 0 aliphatic carbocycles. The van der Waals surface area contributed by atoms with Crippen LogP contribution in [0.25, 0.3) is 0 Å². The maximum atomic E-state index is 12.8. The molecule has 0 aliphatic rings. The van der Waals surface area contributed by atoms with Gasteiger partial charge in [0.1, 0.15) is 23.9 Å². The fraction of sp³-hybridized carbons (Fsp3) is 0.476. The van der Waals surface area contributed by atoms with Gasteiger partial charge in [-0.3, -0.25) is 19.2 Å². The molecule has 6 unspecified atom stereocenters. The molecule has 1 aromatic rings. The molecule has 35 heavy (non-hydrogen) atoms. The first-order valence-corrected chi connectivity index (χ1v) is 10.5. The van der Waals surface area contributed by atoms with E-state index in [4.69, 9.17) is 10.8 Å². The molecule has 194 valence electrons. The number of nitrogens with one attached hydrogen (secondary N) is 3. The maximum absolute atomic E-state index is 12.8. The van der Waals surface area contributed by atoms with E-state index in [9.17, 15) is 44.4 Å². The quantitative estimate of drug-likeness (QED) is 0.133. The Hall–Kier alpha value is -3.75. The van der Waals surface area contributed by atoms with Crippen LogP contribution >= 0.6 is 0 Å². The summed E-state index contributed by atoms with van der Waals surface area (Å²) in [6, 6.07) is -0.831. The number of hydrogen-bond acceptors (Lipinski definition) is 9. The van der Waals surface area contributed by atoms with E-state index in [2.05, 4.69) is 16.0 Å². The van der Waals surface area contributed by atoms with Gasteiger partial charge in [0.05, 0.1) is 18.6 Å². The number of phenolic OH excluding ortho intramolecular Hbond substituents is 1. The molecule has 0 aliphatic heterocycles. The third kappa shape index (κ3) is 9.56. The first kappa shape index (κ1) is 29.3. The zero-order chi connectivity index (χ0) is 26.9. The Kier molecular flexibility index (Phi) is 11.1. The molecule has 0 fully saturated rings. The molecule has 14 heteroatoms. The van der Waals surface area contributed by atoms with E-state index in [1.807, 2.05) is 0 Å². The minimum Gasteiger partial charge on any atom is -0.508 e. The van der Waals surface area contributed by atoms with Crippen LogP contribution in [0.2, 0.25) is 0 Å². The molecule has 0 saturated carbocycles. The monoisotopic (exact) mass is 498 g/mol. The average Bonchev–Trinajstić information content (AvgIpc) is 2.76. The summed E-state index contributed by atoms with van der Waals surface area (Å²) in [6.45, 7) is 2.35. The summed E-state index contributed by atoms with van der Waals surface area (Å²) in [5.74, 6) is -6.19. The highest BCUT2D eigenvalue weighted by Crippen LogP contribution is 2.12. The molecular weight excluding hydrogens is 468 g/mol. The molecule has 0 aromatic heterocycles. The van der Waals surface area contributed by atoms with Crippen molar-refractivity contribution in [3.63, 3.8) is 0 Å². The minimum atomic E-state index is -1.71. The predicted octanol–water partition coefficient (Wildman–Crippen LogP) is -2.96. The van der Waals surface area contributed by atoms with Crippen LogP contribution in [0.1, 0.15) is 25.8 Å². The Labute approximate surface area is 200 Å². The average molecular weight is 498 g/mol. The van der Waals surface area contributed by atoms with Crippen molar-refractivity contribution in [2.75, 3.05) is 0 Å². The van der Waals surface area contributed by atoms with Crippen molar-refractivity contribution in [1.29, 1.82) is 0 Å². The molecule has 3 amide bonds. The molecule has 0 heterocycles. The number of amides is 3. The zero-order valence-corrected chi connectivity index (χ0v) is 19.0. The van der Waals surface area contributed by atoms with Gasteiger partial charge < -0.3 is 47.2 Å². The second-order valence-corrected chi connectivity index (χ2v) is 7.92. The lowest BCUT2D eigenvalue weighted by Crippen LogP contribution is -2.59. The molecule has 0 radical (unpaired) electrons. The Bertz CT molecular complexity index is 919. The lowest BCUT2D eigenvalue weighted by molar-refractivity contribution is -0.145. The van der Waals surface area contributed by atoms with Crippen LogP contribution in [-0.2, 0) is 30.4 Å². The highest BCUT2D eigenvalue weighted by atomic mass is 16.4. The number of carboxylic acid groups (broad SMARTS) is 2. The number of aromatic hydroxyl groups is 1. The fourth-order valence-corrected chi connectivity index (χ4v) is 2.86. The topological polar surface area (TPSA) is 249 Å². The highest BCUT2D eigenvalue weighted by molar-refractivity contribution is 5.95. The molecule has 0 bridgehead atoms. The lowest BCUT2D eigenvalue weighted by Gasteiger charge is -2.25. The van der Waals surface area contributed by atoms with Gasteiger partial charge >= 0.3 is 11.9 Å². The number of nitrogens with two attached hydrogens (primary N) is 1. The van der Waals surface area contributed by atoms with Crippen LogP contribution in [-0.4, -0.2) is 91.6 Å². The summed E-state index contributed by atoms with van der Waals surface area (Å²) >= 11 is 0. The Balaban J connectivity index is 3.18. The van der Waals surface area contributed by atoms with Crippen molar-refractivity contribution in [3.05, 3.63) is 29.8 Å². The molecule has 6 atom stereocenters. The van der Waals surface area contributed by atoms with Crippen molar-refractivity contribution >= 4 is 29.7 Å². The number of phenols is 1. The van der Waals surface area contributed by atoms with Crippen LogP contribution < -0.4 is 21.7 Å². The number of hydrogen-bond donors (Lipinski definition) is 9. The van der Waals surface area contributed by atoms with E-state index in [0.717, 1.165) is 6.92 Å². The fourth-order valence-electron chi connectivity index (χ4n) is 2.86. The zero-order valence-electron chi connectivity index (χ0n) is 19.0. The number of carboxylic acids is 2. The standard InChI is InChI=1S/C21H30N4O10/c1-9(26)16(22)20(33)24-14(8-15(29)30)18(31)23-13(7-11-3-5-12(28)6-4-11)19(32)25-17(10(2)27)21(34)35/h3-6,9-10,13-14,16-17,26-28H,7-8,22H2,1-2H3,(H,23,31)(H,24,33)(H,25,32)(H,29,30)(H,34,35). The van der Waals surface area contributed by atoms with Crippen molar-refractivity contribution in [2.24, 2.45) is 5.73 Å². The molecule has 0 saturated heterocycles. The molecule has 10 N–H and O–H groups in total. The third-order valence-corrected chi connectivity index (χ3v) is 4.89. The van der Waals surface area contributed by atoms with Gasteiger partial charge in [-0.1, -0.05) is 12.1 Å². The van der Waals surface area contributed by atoms with Crippen molar-refractivity contribution < 1.29 is 49.5 Å². The SMILES string of the molecule is CC(O)C(N)C(=O)NC(CC(=O)O)C(=O)NC(Cc1ccc(O)cc1)C(=O)NC(C(=O)O)C(C)O. The van der Waals surface area contributed by atoms with Gasteiger partial charge in [-0.15, -0.1) is 0 Å². The number of aliphatic hydroxyl groups is 2. The van der Waals surface area contributed by atoms with E-state index in [1.54, 1.807) is 0 Å². The van der Waals surface area contributed by atoms with E-state index >= 15 is 0 Å². The highest BCUT2D eigenvalue weighted by Gasteiger charge is 2.33. The summed E-state index contributed by atoms with van der Waals surface area (Å²) in [7, 11) is 0. The Morgan fingerprint density at radius 2 is 1.34 bits per heavy atom. The van der Waals surface area contributed by atoms with Crippen LogP contribution in [0.5, 0.6) is 5.75 Å². The lowest BCUT2D eigenvalue weighted by atomic mass is 10.0. The normalized spacial score (nSPS) is 16.0. The summed E-state index contributed by atoms with van der Waals surface area (Å²) in [5.41, 5.74) is 5.94. The van der Waals surface area contributed by atoms with Gasteiger partial charge in [0.2, 0.25) is 17.7 Å². The summed E-state index contributed by atoms with van der Waals surface area (Å²) < 4.78 is 0. The Morgan fingerprint density at radius 1 is 0.829 bits per heavy atom. The summed E-state index contributed by atoms with van der Waals surface area (Å²) in [4.78, 5) is 60.4. The number of aliphatic hydroxyl groups excluding tert-OH is 2. The first-order chi connectivity index (χ1) is 16.2. The molecular formula is C21H30N4O10. The van der Waals surface area contributed by atoms with Gasteiger partial charge in [-0.25, -0.2) is 4.79 Å². The second kappa shape index (κ2) is 13.2. The van der Waals surface area contributed by atoms with Crippen LogP contribution in [0, 0.1) is 0 Å². The van der Waals surface area contributed by atoms with Crippen molar-refractivity contribution in [1.82, 2.24) is 16.0 Å². The van der Waals surface area contributed by atoms with Gasteiger partial charge in [0.15, 0.2) is 6.04 Å². The molecule has 0 spiro atoms. The van der Waals surface area contributed by atoms with Crippen molar-refractivity contribution in [2.45, 2.75) is 63.1 Å². The van der Waals surface area contributed by atoms with Gasteiger partial charge in [0, 0.05) is 6.42 Å². The number of carbonyl (C=O) groups excluding carboxylic acids is 3.